The first kappa shape index (κ1) is 12.1. The molecule has 0 unspecified atom stereocenters. The van der Waals surface area contributed by atoms with Crippen molar-refractivity contribution in [3.05, 3.63) is 53.1 Å². The minimum absolute atomic E-state index is 0.253. The van der Waals surface area contributed by atoms with Gasteiger partial charge >= 0.3 is 5.97 Å². The van der Waals surface area contributed by atoms with Gasteiger partial charge in [0, 0.05) is 16.9 Å². The normalized spacial score (nSPS) is 12.3. The van der Waals surface area contributed by atoms with Crippen LogP contribution in [0.4, 0.5) is 0 Å². The molecule has 0 aliphatic carbocycles. The van der Waals surface area contributed by atoms with Crippen molar-refractivity contribution in [2.75, 3.05) is 6.26 Å². The maximum atomic E-state index is 11.0. The van der Waals surface area contributed by atoms with Gasteiger partial charge < -0.3 is 9.84 Å². The Balaban J connectivity index is 2.01. The third kappa shape index (κ3) is 2.19. The van der Waals surface area contributed by atoms with E-state index in [9.17, 15) is 4.79 Å². The monoisotopic (exact) mass is 272 g/mol. The number of aromatic carboxylic acids is 1. The van der Waals surface area contributed by atoms with Crippen molar-refractivity contribution < 1.29 is 14.6 Å². The van der Waals surface area contributed by atoms with Gasteiger partial charge in [0.15, 0.2) is 0 Å². The van der Waals surface area contributed by atoms with Crippen LogP contribution in [0, 0.1) is 0 Å². The number of carboxylic acid groups (broad SMARTS) is 1. The molecule has 0 atom stereocenters. The standard InChI is InChI=1S/C15H12O3S/c1-19-12-4-5-13-11(7-12)6-9-2-3-10(15(16)17)8-14(9)18-13/h2-5,7-8H,6H2,1H3,(H,16,17). The summed E-state index contributed by atoms with van der Waals surface area (Å²) in [6, 6.07) is 11.1. The maximum Gasteiger partial charge on any atom is 0.335 e. The lowest BCUT2D eigenvalue weighted by Crippen LogP contribution is -2.05. The second kappa shape index (κ2) is 4.63. The van der Waals surface area contributed by atoms with E-state index < -0.39 is 5.97 Å². The summed E-state index contributed by atoms with van der Waals surface area (Å²) < 4.78 is 5.80. The van der Waals surface area contributed by atoms with Crippen LogP contribution in [0.2, 0.25) is 0 Å². The van der Waals surface area contributed by atoms with Gasteiger partial charge in [-0.3, -0.25) is 0 Å². The lowest BCUT2D eigenvalue weighted by molar-refractivity contribution is 0.0696. The molecular weight excluding hydrogens is 260 g/mol. The van der Waals surface area contributed by atoms with Crippen molar-refractivity contribution in [2.24, 2.45) is 0 Å². The van der Waals surface area contributed by atoms with Crippen LogP contribution in [0.15, 0.2) is 41.3 Å². The molecule has 1 aliphatic rings. The lowest BCUT2D eigenvalue weighted by Gasteiger charge is -2.21. The van der Waals surface area contributed by atoms with Crippen molar-refractivity contribution >= 4 is 17.7 Å². The fourth-order valence-corrected chi connectivity index (χ4v) is 2.64. The Morgan fingerprint density at radius 1 is 1.16 bits per heavy atom. The molecule has 19 heavy (non-hydrogen) atoms. The van der Waals surface area contributed by atoms with Crippen molar-refractivity contribution in [1.29, 1.82) is 0 Å². The Morgan fingerprint density at radius 3 is 2.74 bits per heavy atom. The maximum absolute atomic E-state index is 11.0. The van der Waals surface area contributed by atoms with E-state index in [1.165, 1.54) is 4.90 Å². The molecule has 0 radical (unpaired) electrons. The van der Waals surface area contributed by atoms with Crippen LogP contribution < -0.4 is 4.74 Å². The van der Waals surface area contributed by atoms with E-state index in [0.29, 0.717) is 5.75 Å². The SMILES string of the molecule is CSc1ccc2c(c1)Cc1ccc(C(=O)O)cc1O2. The Labute approximate surface area is 115 Å². The van der Waals surface area contributed by atoms with Gasteiger partial charge in [0.25, 0.3) is 0 Å². The molecule has 0 spiro atoms. The van der Waals surface area contributed by atoms with Crippen LogP contribution >= 0.6 is 11.8 Å². The predicted molar refractivity (Wildman–Crippen MR) is 74.5 cm³/mol. The quantitative estimate of drug-likeness (QED) is 0.721. The molecule has 2 aromatic rings. The highest BCUT2D eigenvalue weighted by Gasteiger charge is 2.18. The molecule has 0 saturated heterocycles. The molecule has 1 aliphatic heterocycles. The zero-order valence-electron chi connectivity index (χ0n) is 10.3. The first-order valence-electron chi connectivity index (χ1n) is 5.88. The summed E-state index contributed by atoms with van der Waals surface area (Å²) in [6.45, 7) is 0. The Bertz CT molecular complexity index is 664. The lowest BCUT2D eigenvalue weighted by atomic mass is 9.99. The van der Waals surface area contributed by atoms with Crippen LogP contribution in [0.5, 0.6) is 11.5 Å². The summed E-state index contributed by atoms with van der Waals surface area (Å²) >= 11 is 1.70. The Kier molecular flexibility index (Phi) is 2.95. The molecular formula is C15H12O3S. The van der Waals surface area contributed by atoms with E-state index in [4.69, 9.17) is 9.84 Å². The fraction of sp³-hybridized carbons (Fsp3) is 0.133. The Hall–Kier alpha value is -1.94. The van der Waals surface area contributed by atoms with E-state index in [-0.39, 0.29) is 5.56 Å². The average molecular weight is 272 g/mol. The summed E-state index contributed by atoms with van der Waals surface area (Å²) in [5.74, 6) is 0.520. The highest BCUT2D eigenvalue weighted by molar-refractivity contribution is 7.98. The number of carboxylic acids is 1. The molecule has 3 nitrogen and oxygen atoms in total. The molecule has 3 rings (SSSR count). The zero-order chi connectivity index (χ0) is 13.4. The first-order valence-corrected chi connectivity index (χ1v) is 7.11. The number of carbonyl (C=O) groups is 1. The Morgan fingerprint density at radius 2 is 2.00 bits per heavy atom. The van der Waals surface area contributed by atoms with Gasteiger partial charge in [-0.1, -0.05) is 6.07 Å². The largest absolute Gasteiger partial charge is 0.478 e. The molecule has 1 heterocycles. The molecule has 0 saturated carbocycles. The molecule has 0 bridgehead atoms. The van der Waals surface area contributed by atoms with Crippen LogP contribution in [-0.2, 0) is 6.42 Å². The molecule has 4 heteroatoms. The van der Waals surface area contributed by atoms with E-state index >= 15 is 0 Å². The predicted octanol–water partition coefficient (Wildman–Crippen LogP) is 3.80. The fourth-order valence-electron chi connectivity index (χ4n) is 2.17. The van der Waals surface area contributed by atoms with Crippen LogP contribution in [0.25, 0.3) is 0 Å². The second-order valence-corrected chi connectivity index (χ2v) is 5.26. The highest BCUT2D eigenvalue weighted by atomic mass is 32.2. The van der Waals surface area contributed by atoms with E-state index in [2.05, 4.69) is 6.07 Å². The van der Waals surface area contributed by atoms with Crippen molar-refractivity contribution in [2.45, 2.75) is 11.3 Å². The van der Waals surface area contributed by atoms with Gasteiger partial charge in [-0.05, 0) is 42.2 Å². The number of hydrogen-bond donors (Lipinski definition) is 1. The molecule has 96 valence electrons. The van der Waals surface area contributed by atoms with Gasteiger partial charge in [0.05, 0.1) is 5.56 Å². The smallest absolute Gasteiger partial charge is 0.335 e. The number of rotatable bonds is 2. The summed E-state index contributed by atoms with van der Waals surface area (Å²) in [4.78, 5) is 12.2. The molecule has 0 fully saturated rings. The second-order valence-electron chi connectivity index (χ2n) is 4.38. The van der Waals surface area contributed by atoms with Gasteiger partial charge in [-0.2, -0.15) is 0 Å². The number of benzene rings is 2. The number of fused-ring (bicyclic) bond motifs is 2. The van der Waals surface area contributed by atoms with E-state index in [0.717, 1.165) is 23.3 Å². The van der Waals surface area contributed by atoms with Crippen LogP contribution in [0.1, 0.15) is 21.5 Å². The van der Waals surface area contributed by atoms with Gasteiger partial charge in [0.2, 0.25) is 0 Å². The number of thioether (sulfide) groups is 1. The van der Waals surface area contributed by atoms with Gasteiger partial charge in [-0.15, -0.1) is 11.8 Å². The average Bonchev–Trinajstić information content (AvgIpc) is 2.43. The van der Waals surface area contributed by atoms with Gasteiger partial charge in [-0.25, -0.2) is 4.79 Å². The van der Waals surface area contributed by atoms with Crippen molar-refractivity contribution in [1.82, 2.24) is 0 Å². The topological polar surface area (TPSA) is 46.5 Å². The third-order valence-electron chi connectivity index (χ3n) is 3.18. The molecule has 0 amide bonds. The summed E-state index contributed by atoms with van der Waals surface area (Å²) in [7, 11) is 0. The highest BCUT2D eigenvalue weighted by Crippen LogP contribution is 2.38. The summed E-state index contributed by atoms with van der Waals surface area (Å²) in [6.07, 6.45) is 2.82. The van der Waals surface area contributed by atoms with E-state index in [1.54, 1.807) is 23.9 Å². The minimum atomic E-state index is -0.935. The van der Waals surface area contributed by atoms with Crippen LogP contribution in [0.3, 0.4) is 0 Å². The first-order chi connectivity index (χ1) is 9.17. The van der Waals surface area contributed by atoms with Crippen molar-refractivity contribution in [3.63, 3.8) is 0 Å². The van der Waals surface area contributed by atoms with Gasteiger partial charge in [0.1, 0.15) is 11.5 Å². The van der Waals surface area contributed by atoms with Crippen LogP contribution in [-0.4, -0.2) is 17.3 Å². The summed E-state index contributed by atoms with van der Waals surface area (Å²) in [5, 5.41) is 8.99. The number of hydrogen-bond acceptors (Lipinski definition) is 3. The van der Waals surface area contributed by atoms with E-state index in [1.807, 2.05) is 24.5 Å². The number of ether oxygens (including phenoxy) is 1. The molecule has 0 aromatic heterocycles. The molecule has 2 aromatic carbocycles. The zero-order valence-corrected chi connectivity index (χ0v) is 11.2. The minimum Gasteiger partial charge on any atom is -0.478 e. The van der Waals surface area contributed by atoms with Crippen molar-refractivity contribution in [3.8, 4) is 11.5 Å². The third-order valence-corrected chi connectivity index (χ3v) is 3.91. The summed E-state index contributed by atoms with van der Waals surface area (Å²) in [5.41, 5.74) is 2.42. The molecule has 1 N–H and O–H groups in total.